The minimum atomic E-state index is -0.835. The van der Waals surface area contributed by atoms with E-state index in [-0.39, 0.29) is 6.42 Å². The molecule has 0 aliphatic carbocycles. The van der Waals surface area contributed by atoms with Crippen molar-refractivity contribution in [3.63, 3.8) is 0 Å². The third kappa shape index (κ3) is 4.06. The molecule has 0 aliphatic heterocycles. The fraction of sp³-hybridized carbons (Fsp3) is 0.235. The van der Waals surface area contributed by atoms with Gasteiger partial charge in [-0.05, 0) is 36.2 Å². The summed E-state index contributed by atoms with van der Waals surface area (Å²) in [6.45, 7) is 2.89. The normalized spacial score (nSPS) is 10.0. The van der Waals surface area contributed by atoms with E-state index in [2.05, 4.69) is 11.1 Å². The van der Waals surface area contributed by atoms with Gasteiger partial charge in [0, 0.05) is 19.3 Å². The predicted octanol–water partition coefficient (Wildman–Crippen LogP) is 2.74. The third-order valence-corrected chi connectivity index (χ3v) is 3.33. The number of hydrogen-bond donors (Lipinski definition) is 1. The van der Waals surface area contributed by atoms with Gasteiger partial charge in [-0.1, -0.05) is 18.2 Å². The summed E-state index contributed by atoms with van der Waals surface area (Å²) in [5, 5.41) is 17.8. The zero-order valence-corrected chi connectivity index (χ0v) is 12.4. The molecule has 22 heavy (non-hydrogen) atoms. The van der Waals surface area contributed by atoms with Crippen molar-refractivity contribution in [2.45, 2.75) is 19.9 Å². The van der Waals surface area contributed by atoms with Crippen molar-refractivity contribution in [3.05, 3.63) is 59.3 Å². The van der Waals surface area contributed by atoms with Crippen molar-refractivity contribution in [3.8, 4) is 6.07 Å². The number of benzene rings is 1. The van der Waals surface area contributed by atoms with Crippen LogP contribution in [0.15, 0.2) is 42.6 Å². The first kappa shape index (κ1) is 15.5. The van der Waals surface area contributed by atoms with Crippen molar-refractivity contribution in [1.82, 2.24) is 4.98 Å². The SMILES string of the molecule is Cc1cccnc1N(CCC(=O)O)Cc1ccc(C#N)cc1. The molecular formula is C17H17N3O2. The van der Waals surface area contributed by atoms with Crippen LogP contribution < -0.4 is 4.90 Å². The number of aryl methyl sites for hydroxylation is 1. The number of carboxylic acids is 1. The summed E-state index contributed by atoms with van der Waals surface area (Å²) in [5.74, 6) is -0.0495. The number of carboxylic acid groups (broad SMARTS) is 1. The zero-order valence-electron chi connectivity index (χ0n) is 12.4. The number of pyridine rings is 1. The van der Waals surface area contributed by atoms with Crippen molar-refractivity contribution >= 4 is 11.8 Å². The molecule has 1 aromatic heterocycles. The first-order valence-electron chi connectivity index (χ1n) is 6.97. The molecule has 1 aromatic carbocycles. The lowest BCUT2D eigenvalue weighted by atomic mass is 10.1. The van der Waals surface area contributed by atoms with E-state index in [0.29, 0.717) is 18.7 Å². The first-order chi connectivity index (χ1) is 10.6. The number of nitriles is 1. The van der Waals surface area contributed by atoms with E-state index in [9.17, 15) is 4.79 Å². The summed E-state index contributed by atoms with van der Waals surface area (Å²) in [5.41, 5.74) is 2.62. The van der Waals surface area contributed by atoms with E-state index in [0.717, 1.165) is 16.9 Å². The van der Waals surface area contributed by atoms with Crippen LogP contribution in [-0.2, 0) is 11.3 Å². The molecule has 0 atom stereocenters. The fourth-order valence-corrected chi connectivity index (χ4v) is 2.20. The van der Waals surface area contributed by atoms with Gasteiger partial charge in [-0.15, -0.1) is 0 Å². The Hall–Kier alpha value is -2.87. The monoisotopic (exact) mass is 295 g/mol. The highest BCUT2D eigenvalue weighted by Gasteiger charge is 2.13. The van der Waals surface area contributed by atoms with Gasteiger partial charge in [0.25, 0.3) is 0 Å². The second-order valence-corrected chi connectivity index (χ2v) is 5.02. The average Bonchev–Trinajstić information content (AvgIpc) is 2.52. The number of carbonyl (C=O) groups is 1. The maximum Gasteiger partial charge on any atom is 0.305 e. The molecule has 2 rings (SSSR count). The Bertz CT molecular complexity index is 690. The molecule has 1 heterocycles. The van der Waals surface area contributed by atoms with Crippen LogP contribution in [0.25, 0.3) is 0 Å². The lowest BCUT2D eigenvalue weighted by Crippen LogP contribution is -2.27. The lowest BCUT2D eigenvalue weighted by molar-refractivity contribution is -0.136. The van der Waals surface area contributed by atoms with Gasteiger partial charge in [0.15, 0.2) is 0 Å². The van der Waals surface area contributed by atoms with Gasteiger partial charge in [0.2, 0.25) is 0 Å². The minimum Gasteiger partial charge on any atom is -0.481 e. The standard InChI is InChI=1S/C17H17N3O2/c1-13-3-2-9-19-17(13)20(10-8-16(21)22)12-15-6-4-14(11-18)5-7-15/h2-7,9H,8,10,12H2,1H3,(H,21,22). The molecule has 0 saturated carbocycles. The molecule has 0 spiro atoms. The Balaban J connectivity index is 2.22. The Kier molecular flexibility index (Phi) is 5.10. The van der Waals surface area contributed by atoms with Gasteiger partial charge >= 0.3 is 5.97 Å². The maximum atomic E-state index is 10.9. The van der Waals surface area contributed by atoms with Crippen molar-refractivity contribution in [2.75, 3.05) is 11.4 Å². The molecule has 0 amide bonds. The molecule has 1 N–H and O–H groups in total. The van der Waals surface area contributed by atoms with Gasteiger partial charge in [0.05, 0.1) is 18.1 Å². The van der Waals surface area contributed by atoms with Crippen LogP contribution in [0.1, 0.15) is 23.1 Å². The quantitative estimate of drug-likeness (QED) is 0.886. The third-order valence-electron chi connectivity index (χ3n) is 3.33. The van der Waals surface area contributed by atoms with Crippen molar-refractivity contribution in [1.29, 1.82) is 5.26 Å². The van der Waals surface area contributed by atoms with Crippen LogP contribution in [0.5, 0.6) is 0 Å². The van der Waals surface area contributed by atoms with Crippen LogP contribution in [0.3, 0.4) is 0 Å². The average molecular weight is 295 g/mol. The summed E-state index contributed by atoms with van der Waals surface area (Å²) in [6, 6.07) is 13.2. The van der Waals surface area contributed by atoms with E-state index in [1.54, 1.807) is 18.3 Å². The van der Waals surface area contributed by atoms with Gasteiger partial charge in [-0.2, -0.15) is 5.26 Å². The Morgan fingerprint density at radius 1 is 1.32 bits per heavy atom. The summed E-state index contributed by atoms with van der Waals surface area (Å²) in [4.78, 5) is 17.2. The fourth-order valence-electron chi connectivity index (χ4n) is 2.20. The highest BCUT2D eigenvalue weighted by Crippen LogP contribution is 2.19. The second-order valence-electron chi connectivity index (χ2n) is 5.02. The smallest absolute Gasteiger partial charge is 0.305 e. The molecule has 0 aliphatic rings. The van der Waals surface area contributed by atoms with E-state index in [1.807, 2.05) is 36.1 Å². The highest BCUT2D eigenvalue weighted by atomic mass is 16.4. The van der Waals surface area contributed by atoms with Crippen LogP contribution in [-0.4, -0.2) is 22.6 Å². The lowest BCUT2D eigenvalue weighted by Gasteiger charge is -2.24. The predicted molar refractivity (Wildman–Crippen MR) is 83.4 cm³/mol. The molecule has 0 unspecified atom stereocenters. The molecule has 0 bridgehead atoms. The molecule has 5 nitrogen and oxygen atoms in total. The van der Waals surface area contributed by atoms with Crippen molar-refractivity contribution < 1.29 is 9.90 Å². The largest absolute Gasteiger partial charge is 0.481 e. The van der Waals surface area contributed by atoms with E-state index in [4.69, 9.17) is 10.4 Å². The molecule has 5 heteroatoms. The van der Waals surface area contributed by atoms with Gasteiger partial charge in [0.1, 0.15) is 5.82 Å². The number of anilines is 1. The number of rotatable bonds is 6. The van der Waals surface area contributed by atoms with Crippen molar-refractivity contribution in [2.24, 2.45) is 0 Å². The highest BCUT2D eigenvalue weighted by molar-refractivity contribution is 5.67. The number of aromatic nitrogens is 1. The van der Waals surface area contributed by atoms with Crippen LogP contribution >= 0.6 is 0 Å². The van der Waals surface area contributed by atoms with Gasteiger partial charge in [-0.3, -0.25) is 4.79 Å². The van der Waals surface area contributed by atoms with Crippen LogP contribution in [0.2, 0.25) is 0 Å². The molecule has 2 aromatic rings. The molecular weight excluding hydrogens is 278 g/mol. The summed E-state index contributed by atoms with van der Waals surface area (Å²) >= 11 is 0. The number of hydrogen-bond acceptors (Lipinski definition) is 4. The summed E-state index contributed by atoms with van der Waals surface area (Å²) < 4.78 is 0. The molecule has 112 valence electrons. The Labute approximate surface area is 129 Å². The molecule has 0 radical (unpaired) electrons. The molecule has 0 saturated heterocycles. The summed E-state index contributed by atoms with van der Waals surface area (Å²) in [6.07, 6.45) is 1.75. The van der Waals surface area contributed by atoms with Gasteiger partial charge < -0.3 is 10.0 Å². The molecule has 0 fully saturated rings. The number of aliphatic carboxylic acids is 1. The first-order valence-corrected chi connectivity index (χ1v) is 6.97. The van der Waals surface area contributed by atoms with E-state index >= 15 is 0 Å². The Morgan fingerprint density at radius 2 is 2.05 bits per heavy atom. The minimum absolute atomic E-state index is 0.0479. The zero-order chi connectivity index (χ0) is 15.9. The van der Waals surface area contributed by atoms with Gasteiger partial charge in [-0.25, -0.2) is 4.98 Å². The maximum absolute atomic E-state index is 10.9. The second kappa shape index (κ2) is 7.23. The van der Waals surface area contributed by atoms with E-state index < -0.39 is 5.97 Å². The Morgan fingerprint density at radius 3 is 2.64 bits per heavy atom. The van der Waals surface area contributed by atoms with Crippen LogP contribution in [0.4, 0.5) is 5.82 Å². The van der Waals surface area contributed by atoms with E-state index in [1.165, 1.54) is 0 Å². The summed E-state index contributed by atoms with van der Waals surface area (Å²) in [7, 11) is 0. The topological polar surface area (TPSA) is 77.2 Å². The van der Waals surface area contributed by atoms with Crippen LogP contribution in [0, 0.1) is 18.3 Å². The number of nitrogens with zero attached hydrogens (tertiary/aromatic N) is 3.